The Bertz CT molecular complexity index is 1200. The summed E-state index contributed by atoms with van der Waals surface area (Å²) < 4.78 is 12.4. The van der Waals surface area contributed by atoms with E-state index in [1.54, 1.807) is 36.5 Å². The van der Waals surface area contributed by atoms with Crippen molar-refractivity contribution in [1.82, 2.24) is 9.55 Å². The molecule has 0 spiro atoms. The van der Waals surface area contributed by atoms with Gasteiger partial charge >= 0.3 is 0 Å². The number of nitrogens with zero attached hydrogens (tertiary/aromatic N) is 2. The van der Waals surface area contributed by atoms with Crippen LogP contribution in [0.2, 0.25) is 0 Å². The molecule has 0 unspecified atom stereocenters. The van der Waals surface area contributed by atoms with Crippen LogP contribution in [0.1, 0.15) is 10.4 Å². The molecule has 0 fully saturated rings. The number of ether oxygens (including phenoxy) is 2. The van der Waals surface area contributed by atoms with E-state index in [4.69, 9.17) is 9.47 Å². The van der Waals surface area contributed by atoms with Gasteiger partial charge in [-0.15, -0.1) is 11.3 Å². The van der Waals surface area contributed by atoms with Crippen molar-refractivity contribution in [2.24, 2.45) is 0 Å². The number of thiophene rings is 1. The number of rotatable bonds is 5. The van der Waals surface area contributed by atoms with Gasteiger partial charge in [0.25, 0.3) is 5.56 Å². The zero-order valence-electron chi connectivity index (χ0n) is 15.9. The van der Waals surface area contributed by atoms with Crippen LogP contribution in [0.3, 0.4) is 0 Å². The van der Waals surface area contributed by atoms with Gasteiger partial charge in [0.1, 0.15) is 16.3 Å². The molecule has 5 nitrogen and oxygen atoms in total. The molecule has 6 heteroatoms. The standard InChI is InChI=1S/C22H20N2O3S/c1-14-19(15-7-5-4-6-8-15)20-21(28-14)23-13-24(22(20)25)12-16-11-17(26-2)9-10-18(16)27-3/h4-11,13H,12H2,1-3H3. The maximum Gasteiger partial charge on any atom is 0.263 e. The summed E-state index contributed by atoms with van der Waals surface area (Å²) in [7, 11) is 3.23. The lowest BCUT2D eigenvalue weighted by atomic mass is 10.0. The summed E-state index contributed by atoms with van der Waals surface area (Å²) in [4.78, 5) is 19.7. The van der Waals surface area contributed by atoms with Gasteiger partial charge in [-0.2, -0.15) is 0 Å². The summed E-state index contributed by atoms with van der Waals surface area (Å²) in [6, 6.07) is 15.5. The lowest BCUT2D eigenvalue weighted by Gasteiger charge is -2.12. The topological polar surface area (TPSA) is 53.4 Å². The van der Waals surface area contributed by atoms with Crippen molar-refractivity contribution in [3.05, 3.63) is 75.7 Å². The highest BCUT2D eigenvalue weighted by Crippen LogP contribution is 2.35. The molecule has 0 amide bonds. The average molecular weight is 392 g/mol. The van der Waals surface area contributed by atoms with Gasteiger partial charge in [0.05, 0.1) is 32.5 Å². The Morgan fingerprint density at radius 2 is 1.86 bits per heavy atom. The summed E-state index contributed by atoms with van der Waals surface area (Å²) in [5.74, 6) is 1.42. The van der Waals surface area contributed by atoms with Gasteiger partial charge < -0.3 is 9.47 Å². The van der Waals surface area contributed by atoms with E-state index in [0.717, 1.165) is 26.4 Å². The first kappa shape index (κ1) is 18.3. The average Bonchev–Trinajstić information content (AvgIpc) is 3.07. The summed E-state index contributed by atoms with van der Waals surface area (Å²) in [6.07, 6.45) is 1.61. The Morgan fingerprint density at radius 1 is 1.07 bits per heavy atom. The molecule has 0 aliphatic carbocycles. The first-order valence-corrected chi connectivity index (χ1v) is 9.69. The number of hydrogen-bond acceptors (Lipinski definition) is 5. The zero-order chi connectivity index (χ0) is 19.7. The lowest BCUT2D eigenvalue weighted by molar-refractivity contribution is 0.397. The smallest absolute Gasteiger partial charge is 0.263 e. The highest BCUT2D eigenvalue weighted by Gasteiger charge is 2.17. The summed E-state index contributed by atoms with van der Waals surface area (Å²) >= 11 is 1.55. The SMILES string of the molecule is COc1ccc(OC)c(Cn2cnc3sc(C)c(-c4ccccc4)c3c2=O)c1. The second kappa shape index (κ2) is 7.48. The second-order valence-electron chi connectivity index (χ2n) is 6.43. The highest BCUT2D eigenvalue weighted by atomic mass is 32.1. The summed E-state index contributed by atoms with van der Waals surface area (Å²) in [6.45, 7) is 2.38. The molecule has 0 atom stereocenters. The van der Waals surface area contributed by atoms with E-state index in [2.05, 4.69) is 4.98 Å². The predicted octanol–water partition coefficient (Wildman–Crippen LogP) is 4.50. The zero-order valence-corrected chi connectivity index (χ0v) is 16.7. The van der Waals surface area contributed by atoms with E-state index in [0.29, 0.717) is 23.4 Å². The van der Waals surface area contributed by atoms with Gasteiger partial charge in [0.2, 0.25) is 0 Å². The molecule has 4 aromatic rings. The highest BCUT2D eigenvalue weighted by molar-refractivity contribution is 7.19. The molecular formula is C22H20N2O3S. The van der Waals surface area contributed by atoms with Crippen molar-refractivity contribution in [3.8, 4) is 22.6 Å². The van der Waals surface area contributed by atoms with Crippen LogP contribution in [0.15, 0.2) is 59.7 Å². The van der Waals surface area contributed by atoms with Crippen LogP contribution in [-0.4, -0.2) is 23.8 Å². The van der Waals surface area contributed by atoms with E-state index in [1.165, 1.54) is 0 Å². The van der Waals surface area contributed by atoms with Gasteiger partial charge in [-0.05, 0) is 30.7 Å². The fraction of sp³-hybridized carbons (Fsp3) is 0.182. The van der Waals surface area contributed by atoms with E-state index >= 15 is 0 Å². The molecule has 2 aromatic carbocycles. The van der Waals surface area contributed by atoms with Crippen LogP contribution < -0.4 is 15.0 Å². The number of fused-ring (bicyclic) bond motifs is 1. The molecule has 0 saturated heterocycles. The predicted molar refractivity (Wildman–Crippen MR) is 113 cm³/mol. The minimum Gasteiger partial charge on any atom is -0.497 e. The molecule has 0 aliphatic heterocycles. The summed E-state index contributed by atoms with van der Waals surface area (Å²) in [5.41, 5.74) is 2.79. The van der Waals surface area contributed by atoms with Gasteiger partial charge in [-0.3, -0.25) is 9.36 Å². The minimum atomic E-state index is -0.0573. The lowest BCUT2D eigenvalue weighted by Crippen LogP contribution is -2.21. The van der Waals surface area contributed by atoms with Crippen molar-refractivity contribution in [2.75, 3.05) is 14.2 Å². The third-order valence-electron chi connectivity index (χ3n) is 4.75. The van der Waals surface area contributed by atoms with Crippen LogP contribution in [0.5, 0.6) is 11.5 Å². The van der Waals surface area contributed by atoms with E-state index in [9.17, 15) is 4.79 Å². The molecule has 28 heavy (non-hydrogen) atoms. The van der Waals surface area contributed by atoms with Crippen molar-refractivity contribution in [1.29, 1.82) is 0 Å². The van der Waals surface area contributed by atoms with Crippen LogP contribution in [0, 0.1) is 6.92 Å². The third kappa shape index (κ3) is 3.16. The molecule has 0 radical (unpaired) electrons. The monoisotopic (exact) mass is 392 g/mol. The molecule has 0 bridgehead atoms. The normalized spacial score (nSPS) is 11.0. The fourth-order valence-electron chi connectivity index (χ4n) is 3.39. The van der Waals surface area contributed by atoms with Gasteiger partial charge in [-0.25, -0.2) is 4.98 Å². The fourth-order valence-corrected chi connectivity index (χ4v) is 4.39. The maximum absolute atomic E-state index is 13.4. The third-order valence-corrected chi connectivity index (χ3v) is 5.76. The van der Waals surface area contributed by atoms with Gasteiger partial charge in [0.15, 0.2) is 0 Å². The largest absolute Gasteiger partial charge is 0.497 e. The van der Waals surface area contributed by atoms with E-state index in [-0.39, 0.29) is 5.56 Å². The van der Waals surface area contributed by atoms with Gasteiger partial charge in [0, 0.05) is 16.0 Å². The number of benzene rings is 2. The molecule has 0 N–H and O–H groups in total. The maximum atomic E-state index is 13.4. The Balaban J connectivity index is 1.87. The van der Waals surface area contributed by atoms with Crippen LogP contribution in [0.25, 0.3) is 21.3 Å². The minimum absolute atomic E-state index is 0.0573. The van der Waals surface area contributed by atoms with Gasteiger partial charge in [-0.1, -0.05) is 30.3 Å². The first-order valence-electron chi connectivity index (χ1n) is 8.87. The van der Waals surface area contributed by atoms with E-state index < -0.39 is 0 Å². The van der Waals surface area contributed by atoms with Crippen molar-refractivity contribution in [2.45, 2.75) is 13.5 Å². The van der Waals surface area contributed by atoms with Crippen molar-refractivity contribution < 1.29 is 9.47 Å². The molecule has 2 heterocycles. The van der Waals surface area contributed by atoms with E-state index in [1.807, 2.05) is 55.5 Å². The Kier molecular flexibility index (Phi) is 4.88. The molecule has 142 valence electrons. The first-order chi connectivity index (χ1) is 13.6. The van der Waals surface area contributed by atoms with Crippen molar-refractivity contribution >= 4 is 21.6 Å². The number of aromatic nitrogens is 2. The Hall–Kier alpha value is -3.12. The molecule has 2 aromatic heterocycles. The van der Waals surface area contributed by atoms with Crippen LogP contribution in [-0.2, 0) is 6.54 Å². The second-order valence-corrected chi connectivity index (χ2v) is 7.64. The number of aryl methyl sites for hydroxylation is 1. The Labute approximate surface area is 166 Å². The molecular weight excluding hydrogens is 372 g/mol. The van der Waals surface area contributed by atoms with Crippen molar-refractivity contribution in [3.63, 3.8) is 0 Å². The number of methoxy groups -OCH3 is 2. The quantitative estimate of drug-likeness (QED) is 0.502. The molecule has 4 rings (SSSR count). The summed E-state index contributed by atoms with van der Waals surface area (Å²) in [5, 5.41) is 0.665. The number of hydrogen-bond donors (Lipinski definition) is 0. The molecule has 0 aliphatic rings. The molecule has 0 saturated carbocycles. The Morgan fingerprint density at radius 3 is 2.57 bits per heavy atom. The van der Waals surface area contributed by atoms with Crippen LogP contribution >= 0.6 is 11.3 Å². The van der Waals surface area contributed by atoms with Crippen LogP contribution in [0.4, 0.5) is 0 Å².